The van der Waals surface area contributed by atoms with Gasteiger partial charge < -0.3 is 5.11 Å². The molecule has 9 heteroatoms. The van der Waals surface area contributed by atoms with Crippen molar-refractivity contribution < 1.29 is 23.1 Å². The largest absolute Gasteiger partial charge is 0.481 e. The van der Waals surface area contributed by atoms with Crippen molar-refractivity contribution in [2.45, 2.75) is 6.42 Å². The highest BCUT2D eigenvalue weighted by molar-refractivity contribution is 6.49. The van der Waals surface area contributed by atoms with E-state index in [4.69, 9.17) is 39.9 Å². The van der Waals surface area contributed by atoms with Gasteiger partial charge in [-0.05, 0) is 6.07 Å². The van der Waals surface area contributed by atoms with Crippen LogP contribution in [-0.4, -0.2) is 16.1 Å². The van der Waals surface area contributed by atoms with Crippen molar-refractivity contribution in [3.8, 4) is 11.1 Å². The predicted molar refractivity (Wildman–Crippen MR) is 75.9 cm³/mol. The number of aliphatic carboxylic acids is 1. The summed E-state index contributed by atoms with van der Waals surface area (Å²) < 4.78 is 41.7. The van der Waals surface area contributed by atoms with Gasteiger partial charge in [0.1, 0.15) is 0 Å². The minimum absolute atomic E-state index is 0.0384. The van der Waals surface area contributed by atoms with E-state index >= 15 is 0 Å². The van der Waals surface area contributed by atoms with Crippen LogP contribution < -0.4 is 0 Å². The van der Waals surface area contributed by atoms with Crippen LogP contribution >= 0.6 is 34.8 Å². The van der Waals surface area contributed by atoms with E-state index in [1.807, 2.05) is 0 Å². The molecule has 116 valence electrons. The van der Waals surface area contributed by atoms with Crippen LogP contribution in [0.15, 0.2) is 12.1 Å². The number of rotatable bonds is 3. The molecule has 0 aliphatic heterocycles. The van der Waals surface area contributed by atoms with Crippen molar-refractivity contribution in [2.24, 2.45) is 0 Å². The van der Waals surface area contributed by atoms with E-state index in [0.717, 1.165) is 6.07 Å². The first-order valence-corrected chi connectivity index (χ1v) is 6.76. The summed E-state index contributed by atoms with van der Waals surface area (Å²) in [5.74, 6) is -6.04. The minimum Gasteiger partial charge on any atom is -0.481 e. The number of pyridine rings is 1. The second kappa shape index (κ2) is 6.32. The van der Waals surface area contributed by atoms with Gasteiger partial charge in [-0.25, -0.2) is 13.8 Å². The van der Waals surface area contributed by atoms with E-state index in [2.05, 4.69) is 4.98 Å². The Bertz CT molecular complexity index is 784. The number of carbonyl (C=O) groups is 1. The Labute approximate surface area is 137 Å². The van der Waals surface area contributed by atoms with E-state index in [0.29, 0.717) is 0 Å². The fraction of sp³-hybridized carbons (Fsp3) is 0.0769. The third-order valence-electron chi connectivity index (χ3n) is 2.73. The summed E-state index contributed by atoms with van der Waals surface area (Å²) in [6.07, 6.45) is -0.922. The molecule has 0 amide bonds. The molecular formula is C13H5Cl3F3NO2. The first-order chi connectivity index (χ1) is 10.2. The average molecular weight is 371 g/mol. The lowest BCUT2D eigenvalue weighted by atomic mass is 10.0. The fourth-order valence-corrected chi connectivity index (χ4v) is 2.41. The maximum absolute atomic E-state index is 14.3. The lowest BCUT2D eigenvalue weighted by Crippen LogP contribution is -2.10. The number of hydrogen-bond donors (Lipinski definition) is 1. The molecular weight excluding hydrogens is 366 g/mol. The normalized spacial score (nSPS) is 10.8. The van der Waals surface area contributed by atoms with Crippen LogP contribution in [0.4, 0.5) is 13.2 Å². The molecule has 3 nitrogen and oxygen atoms in total. The van der Waals surface area contributed by atoms with Crippen molar-refractivity contribution in [2.75, 3.05) is 0 Å². The summed E-state index contributed by atoms with van der Waals surface area (Å²) in [5, 5.41) is 8.24. The van der Waals surface area contributed by atoms with Crippen LogP contribution in [0.3, 0.4) is 0 Å². The number of hydrogen-bond acceptors (Lipinski definition) is 2. The van der Waals surface area contributed by atoms with E-state index in [1.165, 1.54) is 6.07 Å². The maximum Gasteiger partial charge on any atom is 0.309 e. The van der Waals surface area contributed by atoms with Gasteiger partial charge in [-0.3, -0.25) is 4.79 Å². The second-order valence-corrected chi connectivity index (χ2v) is 5.31. The molecule has 1 N–H and O–H groups in total. The Hall–Kier alpha value is -1.50. The molecule has 22 heavy (non-hydrogen) atoms. The lowest BCUT2D eigenvalue weighted by Gasteiger charge is -2.12. The zero-order valence-electron chi connectivity index (χ0n) is 10.4. The standard InChI is InChI=1S/C13H5Cl3F3NO2/c14-5-2-1-4(9(15)10(5)16)8-11(17)6(3-7(21)22)20-13(19)12(8)18/h1-2H,3H2,(H,21,22). The van der Waals surface area contributed by atoms with Crippen LogP contribution in [-0.2, 0) is 11.2 Å². The zero-order chi connectivity index (χ0) is 16.6. The zero-order valence-corrected chi connectivity index (χ0v) is 12.7. The topological polar surface area (TPSA) is 50.2 Å². The van der Waals surface area contributed by atoms with E-state index in [1.54, 1.807) is 0 Å². The molecule has 0 radical (unpaired) electrons. The molecule has 0 aliphatic rings. The predicted octanol–water partition coefficient (Wildman–Crippen LogP) is 4.75. The highest BCUT2D eigenvalue weighted by Gasteiger charge is 2.25. The van der Waals surface area contributed by atoms with Crippen LogP contribution in [0.25, 0.3) is 11.1 Å². The molecule has 0 aliphatic carbocycles. The molecule has 0 fully saturated rings. The summed E-state index contributed by atoms with van der Waals surface area (Å²) in [6, 6.07) is 2.36. The van der Waals surface area contributed by atoms with Crippen molar-refractivity contribution in [1.82, 2.24) is 4.98 Å². The van der Waals surface area contributed by atoms with Gasteiger partial charge in [-0.1, -0.05) is 40.9 Å². The van der Waals surface area contributed by atoms with E-state index in [-0.39, 0.29) is 20.6 Å². The first-order valence-electron chi connectivity index (χ1n) is 5.63. The molecule has 2 aromatic rings. The molecule has 0 atom stereocenters. The Kier molecular flexibility index (Phi) is 4.84. The number of carboxylic acid groups (broad SMARTS) is 1. The fourth-order valence-electron chi connectivity index (χ4n) is 1.78. The quantitative estimate of drug-likeness (QED) is 0.626. The Morgan fingerprint density at radius 1 is 1.09 bits per heavy atom. The Morgan fingerprint density at radius 2 is 1.73 bits per heavy atom. The summed E-state index contributed by atoms with van der Waals surface area (Å²) in [5.41, 5.74) is -1.88. The summed E-state index contributed by atoms with van der Waals surface area (Å²) in [7, 11) is 0. The minimum atomic E-state index is -1.64. The van der Waals surface area contributed by atoms with Gasteiger partial charge in [0.2, 0.25) is 5.95 Å². The van der Waals surface area contributed by atoms with Gasteiger partial charge in [0, 0.05) is 5.56 Å². The smallest absolute Gasteiger partial charge is 0.309 e. The number of benzene rings is 1. The van der Waals surface area contributed by atoms with Gasteiger partial charge in [0.15, 0.2) is 11.6 Å². The number of halogens is 6. The molecule has 1 aromatic heterocycles. The van der Waals surface area contributed by atoms with Crippen LogP contribution in [0.2, 0.25) is 15.1 Å². The SMILES string of the molecule is O=C(O)Cc1nc(F)c(F)c(-c2ccc(Cl)c(Cl)c2Cl)c1F. The molecule has 2 rings (SSSR count). The van der Waals surface area contributed by atoms with Gasteiger partial charge >= 0.3 is 5.97 Å². The lowest BCUT2D eigenvalue weighted by molar-refractivity contribution is -0.136. The monoisotopic (exact) mass is 369 g/mol. The van der Waals surface area contributed by atoms with Crippen LogP contribution in [0.1, 0.15) is 5.69 Å². The molecule has 0 saturated carbocycles. The average Bonchev–Trinajstić information content (AvgIpc) is 2.44. The number of aromatic nitrogens is 1. The second-order valence-electron chi connectivity index (χ2n) is 4.15. The molecule has 0 unspecified atom stereocenters. The maximum atomic E-state index is 14.3. The van der Waals surface area contributed by atoms with Gasteiger partial charge in [0.25, 0.3) is 0 Å². The summed E-state index contributed by atoms with van der Waals surface area (Å²) >= 11 is 17.4. The van der Waals surface area contributed by atoms with Crippen molar-refractivity contribution in [3.63, 3.8) is 0 Å². The molecule has 1 aromatic carbocycles. The molecule has 0 spiro atoms. The van der Waals surface area contributed by atoms with E-state index in [9.17, 15) is 18.0 Å². The summed E-state index contributed by atoms with van der Waals surface area (Å²) in [6.45, 7) is 0. The van der Waals surface area contributed by atoms with Gasteiger partial charge in [-0.15, -0.1) is 0 Å². The molecule has 0 saturated heterocycles. The third kappa shape index (κ3) is 2.99. The van der Waals surface area contributed by atoms with Crippen LogP contribution in [0, 0.1) is 17.6 Å². The van der Waals surface area contributed by atoms with Crippen LogP contribution in [0.5, 0.6) is 0 Å². The van der Waals surface area contributed by atoms with E-state index < -0.39 is 41.2 Å². The number of carboxylic acids is 1. The van der Waals surface area contributed by atoms with Crippen molar-refractivity contribution in [3.05, 3.63) is 50.5 Å². The highest BCUT2D eigenvalue weighted by Crippen LogP contribution is 2.40. The van der Waals surface area contributed by atoms with Gasteiger partial charge in [-0.2, -0.15) is 4.39 Å². The molecule has 1 heterocycles. The third-order valence-corrected chi connectivity index (χ3v) is 4.02. The Balaban J connectivity index is 2.77. The summed E-state index contributed by atoms with van der Waals surface area (Å²) in [4.78, 5) is 13.6. The highest BCUT2D eigenvalue weighted by atomic mass is 35.5. The van der Waals surface area contributed by atoms with Gasteiger partial charge in [0.05, 0.1) is 32.7 Å². The Morgan fingerprint density at radius 3 is 2.32 bits per heavy atom. The molecule has 0 bridgehead atoms. The first kappa shape index (κ1) is 16.9. The van der Waals surface area contributed by atoms with Crippen molar-refractivity contribution >= 4 is 40.8 Å². The van der Waals surface area contributed by atoms with Crippen molar-refractivity contribution in [1.29, 1.82) is 0 Å². The number of nitrogens with zero attached hydrogens (tertiary/aromatic N) is 1.